The minimum Gasteiger partial charge on any atom is -0.453 e. The molecule has 5 rings (SSSR count). The maximum atomic E-state index is 12.0. The molecule has 1 aliphatic heterocycles. The molecule has 0 aliphatic carbocycles. The van der Waals surface area contributed by atoms with Crippen molar-refractivity contribution in [3.05, 3.63) is 95.0 Å². The van der Waals surface area contributed by atoms with Crippen LogP contribution in [0.4, 0.5) is 4.79 Å². The lowest BCUT2D eigenvalue weighted by Gasteiger charge is -2.30. The van der Waals surface area contributed by atoms with Crippen molar-refractivity contribution >= 4 is 17.7 Å². The predicted octanol–water partition coefficient (Wildman–Crippen LogP) is 5.02. The molecule has 2 aromatic carbocycles. The van der Waals surface area contributed by atoms with Gasteiger partial charge in [-0.15, -0.1) is 5.10 Å². The Balaban J connectivity index is 1.44. The average Bonchev–Trinajstić information content (AvgIpc) is 3.51. The van der Waals surface area contributed by atoms with Crippen LogP contribution in [0.25, 0.3) is 11.4 Å². The van der Waals surface area contributed by atoms with Crippen LogP contribution in [0, 0.1) is 0 Å². The smallest absolute Gasteiger partial charge is 0.409 e. The third kappa shape index (κ3) is 5.23. The van der Waals surface area contributed by atoms with Gasteiger partial charge in [-0.05, 0) is 41.5 Å². The SMILES string of the molecule is COC(=O)N1CCC(c2cnn(OCc3ccccc3)c2-c2cn(Cc3ccccc3)c(Cl)n2)CC1. The molecule has 0 saturated carbocycles. The molecule has 1 aliphatic rings. The molecule has 0 radical (unpaired) electrons. The highest BCUT2D eigenvalue weighted by Gasteiger charge is 2.29. The molecule has 9 heteroatoms. The Bertz CT molecular complexity index is 1300. The molecule has 2 aromatic heterocycles. The average molecular weight is 506 g/mol. The summed E-state index contributed by atoms with van der Waals surface area (Å²) in [7, 11) is 1.41. The van der Waals surface area contributed by atoms with Crippen molar-refractivity contribution < 1.29 is 14.4 Å². The molecule has 1 saturated heterocycles. The Morgan fingerprint density at radius 3 is 2.36 bits per heavy atom. The number of nitrogens with zero attached hydrogens (tertiary/aromatic N) is 5. The number of aromatic nitrogens is 4. The second-order valence-electron chi connectivity index (χ2n) is 8.82. The van der Waals surface area contributed by atoms with E-state index in [4.69, 9.17) is 21.2 Å². The highest BCUT2D eigenvalue weighted by Crippen LogP contribution is 2.35. The Kier molecular flexibility index (Phi) is 7.23. The van der Waals surface area contributed by atoms with Crippen molar-refractivity contribution in [2.75, 3.05) is 20.2 Å². The Hall–Kier alpha value is -3.78. The van der Waals surface area contributed by atoms with E-state index in [0.717, 1.165) is 35.2 Å². The maximum absolute atomic E-state index is 12.0. The highest BCUT2D eigenvalue weighted by atomic mass is 35.5. The molecule has 0 unspecified atom stereocenters. The van der Waals surface area contributed by atoms with Crippen molar-refractivity contribution in [2.24, 2.45) is 0 Å². The summed E-state index contributed by atoms with van der Waals surface area (Å²) in [6.45, 7) is 2.22. The monoisotopic (exact) mass is 505 g/mol. The number of amides is 1. The van der Waals surface area contributed by atoms with Gasteiger partial charge in [0.25, 0.3) is 0 Å². The molecule has 3 heterocycles. The topological polar surface area (TPSA) is 74.4 Å². The van der Waals surface area contributed by atoms with E-state index in [9.17, 15) is 4.79 Å². The standard InChI is InChI=1S/C27H28ClN5O3/c1-35-27(34)31-14-12-22(13-15-31)23-16-29-33(36-19-21-10-6-3-7-11-21)25(23)24-18-32(26(28)30-24)17-20-8-4-2-5-9-20/h2-11,16,18,22H,12-15,17,19H2,1H3. The van der Waals surface area contributed by atoms with E-state index in [0.29, 0.717) is 37.2 Å². The number of imidazole rings is 1. The van der Waals surface area contributed by atoms with Crippen molar-refractivity contribution in [2.45, 2.75) is 31.9 Å². The summed E-state index contributed by atoms with van der Waals surface area (Å²) in [6, 6.07) is 20.1. The number of hydrogen-bond acceptors (Lipinski definition) is 5. The van der Waals surface area contributed by atoms with Gasteiger partial charge in [0.2, 0.25) is 5.28 Å². The first-order chi connectivity index (χ1) is 17.6. The second-order valence-corrected chi connectivity index (χ2v) is 9.16. The van der Waals surface area contributed by atoms with Gasteiger partial charge in [0.15, 0.2) is 0 Å². The number of carbonyl (C=O) groups excluding carboxylic acids is 1. The quantitative estimate of drug-likeness (QED) is 0.352. The number of piperidine rings is 1. The molecule has 36 heavy (non-hydrogen) atoms. The molecule has 1 amide bonds. The second kappa shape index (κ2) is 10.9. The van der Waals surface area contributed by atoms with Crippen molar-refractivity contribution in [1.29, 1.82) is 0 Å². The van der Waals surface area contributed by atoms with Crippen LogP contribution in [-0.2, 0) is 17.9 Å². The van der Waals surface area contributed by atoms with Gasteiger partial charge in [-0.1, -0.05) is 65.5 Å². The Labute approximate surface area is 215 Å². The fourth-order valence-corrected chi connectivity index (χ4v) is 4.80. The summed E-state index contributed by atoms with van der Waals surface area (Å²) in [4.78, 5) is 26.0. The van der Waals surface area contributed by atoms with Crippen LogP contribution in [0.2, 0.25) is 5.28 Å². The summed E-state index contributed by atoms with van der Waals surface area (Å²) in [5, 5.41) is 4.97. The Morgan fingerprint density at radius 2 is 1.69 bits per heavy atom. The highest BCUT2D eigenvalue weighted by molar-refractivity contribution is 6.28. The molecule has 1 fully saturated rings. The van der Waals surface area contributed by atoms with Crippen molar-refractivity contribution in [1.82, 2.24) is 24.4 Å². The van der Waals surface area contributed by atoms with Gasteiger partial charge in [0.1, 0.15) is 18.0 Å². The van der Waals surface area contributed by atoms with Gasteiger partial charge >= 0.3 is 6.09 Å². The summed E-state index contributed by atoms with van der Waals surface area (Å²) >= 11 is 6.57. The third-order valence-electron chi connectivity index (χ3n) is 6.50. The summed E-state index contributed by atoms with van der Waals surface area (Å²) < 4.78 is 6.81. The maximum Gasteiger partial charge on any atom is 0.409 e. The largest absolute Gasteiger partial charge is 0.453 e. The first kappa shape index (κ1) is 23.9. The lowest BCUT2D eigenvalue weighted by molar-refractivity contribution is 0.0732. The van der Waals surface area contributed by atoms with Gasteiger partial charge in [-0.2, -0.15) is 0 Å². The summed E-state index contributed by atoms with van der Waals surface area (Å²) in [6.07, 6.45) is 5.10. The molecular weight excluding hydrogens is 478 g/mol. The number of methoxy groups -OCH3 is 1. The number of carbonyl (C=O) groups is 1. The number of hydrogen-bond donors (Lipinski definition) is 0. The fraction of sp³-hybridized carbons (Fsp3) is 0.296. The zero-order valence-electron chi connectivity index (χ0n) is 20.1. The summed E-state index contributed by atoms with van der Waals surface area (Å²) in [5.41, 5.74) is 4.70. The zero-order chi connectivity index (χ0) is 24.9. The number of likely N-dealkylation sites (tertiary alicyclic amines) is 1. The number of halogens is 1. The van der Waals surface area contributed by atoms with E-state index in [1.807, 2.05) is 65.5 Å². The van der Waals surface area contributed by atoms with Crippen LogP contribution in [0.5, 0.6) is 0 Å². The predicted molar refractivity (Wildman–Crippen MR) is 137 cm³/mol. The zero-order valence-corrected chi connectivity index (χ0v) is 20.8. The number of benzene rings is 2. The van der Waals surface area contributed by atoms with E-state index in [-0.39, 0.29) is 12.0 Å². The molecule has 186 valence electrons. The van der Waals surface area contributed by atoms with Crippen LogP contribution >= 0.6 is 11.6 Å². The van der Waals surface area contributed by atoms with E-state index in [2.05, 4.69) is 22.2 Å². The minimum absolute atomic E-state index is 0.202. The van der Waals surface area contributed by atoms with Gasteiger partial charge < -0.3 is 19.0 Å². The molecule has 0 spiro atoms. The molecule has 0 atom stereocenters. The lowest BCUT2D eigenvalue weighted by atomic mass is 9.89. The van der Waals surface area contributed by atoms with Crippen LogP contribution in [-0.4, -0.2) is 50.7 Å². The van der Waals surface area contributed by atoms with Gasteiger partial charge in [0.05, 0.1) is 13.3 Å². The first-order valence-corrected chi connectivity index (χ1v) is 12.3. The van der Waals surface area contributed by atoms with Gasteiger partial charge in [-0.3, -0.25) is 0 Å². The van der Waals surface area contributed by atoms with Gasteiger partial charge in [0, 0.05) is 31.4 Å². The number of ether oxygens (including phenoxy) is 1. The van der Waals surface area contributed by atoms with Crippen LogP contribution in [0.15, 0.2) is 73.1 Å². The van der Waals surface area contributed by atoms with E-state index in [1.165, 1.54) is 7.11 Å². The lowest BCUT2D eigenvalue weighted by Crippen LogP contribution is -2.37. The fourth-order valence-electron chi connectivity index (χ4n) is 4.60. The van der Waals surface area contributed by atoms with E-state index >= 15 is 0 Å². The van der Waals surface area contributed by atoms with E-state index in [1.54, 1.807) is 9.75 Å². The third-order valence-corrected chi connectivity index (χ3v) is 6.80. The molecule has 0 bridgehead atoms. The summed E-state index contributed by atoms with van der Waals surface area (Å²) in [5.74, 6) is 0.202. The normalized spacial score (nSPS) is 14.1. The van der Waals surface area contributed by atoms with Crippen molar-refractivity contribution in [3.8, 4) is 11.4 Å². The van der Waals surface area contributed by atoms with E-state index < -0.39 is 0 Å². The molecule has 8 nitrogen and oxygen atoms in total. The molecule has 0 N–H and O–H groups in total. The number of rotatable bonds is 7. The van der Waals surface area contributed by atoms with Gasteiger partial charge in [-0.25, -0.2) is 9.78 Å². The van der Waals surface area contributed by atoms with Crippen LogP contribution < -0.4 is 4.84 Å². The van der Waals surface area contributed by atoms with Crippen LogP contribution in [0.1, 0.15) is 35.4 Å². The van der Waals surface area contributed by atoms with Crippen molar-refractivity contribution in [3.63, 3.8) is 0 Å². The molecular formula is C27H28ClN5O3. The molecule has 4 aromatic rings. The minimum atomic E-state index is -0.290. The Morgan fingerprint density at radius 1 is 1.03 bits per heavy atom. The van der Waals surface area contributed by atoms with Crippen LogP contribution in [0.3, 0.4) is 0 Å². The first-order valence-electron chi connectivity index (χ1n) is 12.0.